The first-order valence-electron chi connectivity index (χ1n) is 10.7. The summed E-state index contributed by atoms with van der Waals surface area (Å²) in [5.41, 5.74) is 1.28. The maximum Gasteiger partial charge on any atom is 0.295 e. The molecule has 27 heavy (non-hydrogen) atoms. The summed E-state index contributed by atoms with van der Waals surface area (Å²) in [6, 6.07) is 4.74. The topological polar surface area (TPSA) is 45.7 Å². The van der Waals surface area contributed by atoms with E-state index in [4.69, 9.17) is 9.72 Å². The highest BCUT2D eigenvalue weighted by Crippen LogP contribution is 2.54. The van der Waals surface area contributed by atoms with Crippen LogP contribution in [0.2, 0.25) is 6.32 Å². The summed E-state index contributed by atoms with van der Waals surface area (Å²) in [5.74, 6) is 2.74. The molecule has 1 aliphatic carbocycles. The number of nitrogens with zero attached hydrogens (tertiary/aromatic N) is 3. The number of anilines is 1. The van der Waals surface area contributed by atoms with Crippen molar-refractivity contribution in [3.63, 3.8) is 0 Å². The van der Waals surface area contributed by atoms with Gasteiger partial charge in [-0.15, -0.1) is 0 Å². The minimum Gasteiger partial charge on any atom is -0.377 e. The fraction of sp³-hybridized carbons (Fsp3) is 0.714. The van der Waals surface area contributed by atoms with Crippen molar-refractivity contribution in [2.24, 2.45) is 11.8 Å². The summed E-state index contributed by atoms with van der Waals surface area (Å²) in [5, 5.41) is 0. The maximum absolute atomic E-state index is 12.8. The number of fused-ring (bicyclic) bond motifs is 1. The lowest BCUT2D eigenvalue weighted by molar-refractivity contribution is -0.126. The normalized spacial score (nSPS) is 33.7. The number of morpholine rings is 1. The van der Waals surface area contributed by atoms with Crippen LogP contribution in [0.25, 0.3) is 0 Å². The second-order valence-corrected chi connectivity index (χ2v) is 9.12. The van der Waals surface area contributed by atoms with Gasteiger partial charge in [-0.1, -0.05) is 32.3 Å². The molecule has 4 heterocycles. The molecule has 1 aromatic rings. The van der Waals surface area contributed by atoms with Gasteiger partial charge in [-0.25, -0.2) is 4.98 Å². The molecule has 3 saturated heterocycles. The first-order chi connectivity index (χ1) is 13.1. The molecule has 0 aromatic carbocycles. The smallest absolute Gasteiger partial charge is 0.295 e. The van der Waals surface area contributed by atoms with E-state index < -0.39 is 0 Å². The third-order valence-corrected chi connectivity index (χ3v) is 7.80. The highest BCUT2D eigenvalue weighted by atomic mass is 16.5. The van der Waals surface area contributed by atoms with Crippen molar-refractivity contribution in [1.82, 2.24) is 9.79 Å². The summed E-state index contributed by atoms with van der Waals surface area (Å²) in [6.07, 6.45) is 8.91. The number of aromatic nitrogens is 1. The van der Waals surface area contributed by atoms with E-state index in [2.05, 4.69) is 35.7 Å². The molecule has 4 aliphatic rings. The number of ether oxygens (including phenoxy) is 1. The van der Waals surface area contributed by atoms with E-state index in [0.717, 1.165) is 50.7 Å². The molecule has 5 rings (SSSR count). The van der Waals surface area contributed by atoms with Crippen LogP contribution in [0.5, 0.6) is 0 Å². The van der Waals surface area contributed by atoms with Gasteiger partial charge in [0.2, 0.25) is 5.91 Å². The number of carbonyl (C=O) groups is 1. The Kier molecular flexibility index (Phi) is 4.23. The first-order valence-corrected chi connectivity index (χ1v) is 10.7. The lowest BCUT2D eigenvalue weighted by Crippen LogP contribution is -2.71. The summed E-state index contributed by atoms with van der Waals surface area (Å²) in [6.45, 7) is 7.20. The fourth-order valence-corrected chi connectivity index (χ4v) is 5.96. The van der Waals surface area contributed by atoms with Crippen LogP contribution in [0.15, 0.2) is 18.3 Å². The number of amides is 1. The molecule has 1 aromatic heterocycles. The quantitative estimate of drug-likeness (QED) is 0.767. The molecule has 1 saturated carbocycles. The van der Waals surface area contributed by atoms with Gasteiger partial charge in [0.05, 0.1) is 19.3 Å². The van der Waals surface area contributed by atoms with Crippen molar-refractivity contribution >= 4 is 24.0 Å². The zero-order valence-electron chi connectivity index (χ0n) is 16.6. The largest absolute Gasteiger partial charge is 0.377 e. The Bertz CT molecular complexity index is 723. The van der Waals surface area contributed by atoms with Gasteiger partial charge in [0, 0.05) is 24.7 Å². The Morgan fingerprint density at radius 2 is 2.22 bits per heavy atom. The van der Waals surface area contributed by atoms with Gasteiger partial charge in [-0.3, -0.25) is 4.79 Å². The van der Waals surface area contributed by atoms with Crippen LogP contribution >= 0.6 is 0 Å². The molecular formula is C21H30BN3O2. The Labute approximate surface area is 162 Å². The predicted octanol–water partition coefficient (Wildman–Crippen LogP) is 2.32. The lowest BCUT2D eigenvalue weighted by atomic mass is 9.38. The van der Waals surface area contributed by atoms with Crippen molar-refractivity contribution < 1.29 is 9.53 Å². The molecule has 144 valence electrons. The molecule has 3 aliphatic heterocycles. The second kappa shape index (κ2) is 6.51. The second-order valence-electron chi connectivity index (χ2n) is 9.12. The highest BCUT2D eigenvalue weighted by molar-refractivity contribution is 6.76. The molecular weight excluding hydrogens is 337 g/mol. The fourth-order valence-electron chi connectivity index (χ4n) is 5.96. The minimum atomic E-state index is 0.0863. The van der Waals surface area contributed by atoms with Crippen LogP contribution in [0, 0.1) is 11.8 Å². The Balaban J connectivity index is 1.32. The lowest BCUT2D eigenvalue weighted by Gasteiger charge is -2.56. The summed E-state index contributed by atoms with van der Waals surface area (Å²) in [7, 11) is 0. The molecule has 0 N–H and O–H groups in total. The molecule has 0 radical (unpaired) electrons. The molecule has 3 atom stereocenters. The molecule has 0 spiro atoms. The van der Waals surface area contributed by atoms with Gasteiger partial charge in [0.15, 0.2) is 0 Å². The Morgan fingerprint density at radius 1 is 1.37 bits per heavy atom. The minimum absolute atomic E-state index is 0.0863. The average molecular weight is 367 g/mol. The van der Waals surface area contributed by atoms with Gasteiger partial charge in [-0.2, -0.15) is 0 Å². The van der Waals surface area contributed by atoms with Gasteiger partial charge < -0.3 is 14.4 Å². The maximum atomic E-state index is 12.8. The zero-order valence-corrected chi connectivity index (χ0v) is 16.6. The van der Waals surface area contributed by atoms with Crippen molar-refractivity contribution in [3.05, 3.63) is 18.3 Å². The van der Waals surface area contributed by atoms with E-state index in [1.54, 1.807) is 0 Å². The molecule has 6 heteroatoms. The molecule has 1 amide bonds. The molecule has 3 unspecified atom stereocenters. The van der Waals surface area contributed by atoms with Crippen LogP contribution in [0.4, 0.5) is 5.82 Å². The molecule has 0 bridgehead atoms. The Morgan fingerprint density at radius 3 is 2.89 bits per heavy atom. The predicted molar refractivity (Wildman–Crippen MR) is 107 cm³/mol. The zero-order chi connectivity index (χ0) is 18.6. The summed E-state index contributed by atoms with van der Waals surface area (Å²) in [4.78, 5) is 22.1. The average Bonchev–Trinajstić information content (AvgIpc) is 2.81. The van der Waals surface area contributed by atoms with Gasteiger partial charge in [0.25, 0.3) is 6.85 Å². The van der Waals surface area contributed by atoms with Crippen LogP contribution in [0.1, 0.15) is 46.0 Å². The number of hydrogen-bond donors (Lipinski definition) is 0. The van der Waals surface area contributed by atoms with Gasteiger partial charge in [-0.05, 0) is 43.0 Å². The van der Waals surface area contributed by atoms with Crippen molar-refractivity contribution in [2.75, 3.05) is 24.7 Å². The summed E-state index contributed by atoms with van der Waals surface area (Å²) >= 11 is 0. The standard InChI is InChI=1S/C21H30BN3O2/c1-3-17-13-27-10-9-24(17)19-8-7-16(12-23-19)22-14-21(2)18(15-5-4-6-15)11-20(26)25(21)22/h7-8,12,15,17-18H,3-6,9-11,13-14H2,1-2H3. The SMILES string of the molecule is CCC1COCCN1c1ccc(B2CC3(C)C(C4CCC4)CC(=O)N23)cn1. The van der Waals surface area contributed by atoms with Crippen molar-refractivity contribution in [3.8, 4) is 0 Å². The summed E-state index contributed by atoms with van der Waals surface area (Å²) < 4.78 is 5.61. The first kappa shape index (κ1) is 17.5. The van der Waals surface area contributed by atoms with Crippen molar-refractivity contribution in [1.29, 1.82) is 0 Å². The van der Waals surface area contributed by atoms with Crippen LogP contribution in [-0.2, 0) is 9.53 Å². The van der Waals surface area contributed by atoms with E-state index >= 15 is 0 Å². The van der Waals surface area contributed by atoms with E-state index in [1.165, 1.54) is 24.7 Å². The number of hydrogen-bond acceptors (Lipinski definition) is 4. The highest BCUT2D eigenvalue weighted by Gasteiger charge is 2.63. The molecule has 4 fully saturated rings. The third kappa shape index (κ3) is 2.63. The van der Waals surface area contributed by atoms with Gasteiger partial charge >= 0.3 is 0 Å². The van der Waals surface area contributed by atoms with Crippen LogP contribution < -0.4 is 10.4 Å². The molecule has 5 nitrogen and oxygen atoms in total. The van der Waals surface area contributed by atoms with Gasteiger partial charge in [0.1, 0.15) is 5.82 Å². The van der Waals surface area contributed by atoms with Crippen LogP contribution in [-0.4, -0.2) is 53.9 Å². The van der Waals surface area contributed by atoms with E-state index in [9.17, 15) is 4.79 Å². The monoisotopic (exact) mass is 367 g/mol. The van der Waals surface area contributed by atoms with Crippen LogP contribution in [0.3, 0.4) is 0 Å². The Hall–Kier alpha value is -1.56. The number of rotatable bonds is 4. The number of carbonyl (C=O) groups excluding carboxylic acids is 1. The third-order valence-electron chi connectivity index (χ3n) is 7.80. The van der Waals surface area contributed by atoms with E-state index in [1.807, 2.05) is 6.20 Å². The van der Waals surface area contributed by atoms with E-state index in [-0.39, 0.29) is 12.4 Å². The van der Waals surface area contributed by atoms with Crippen molar-refractivity contribution in [2.45, 2.75) is 63.9 Å². The van der Waals surface area contributed by atoms with E-state index in [0.29, 0.717) is 17.9 Å². The number of pyridine rings is 1.